The number of nitrogens with zero attached hydrogens (tertiary/aromatic N) is 1. The molecule has 0 unspecified atom stereocenters. The van der Waals surface area contributed by atoms with Crippen molar-refractivity contribution in [3.8, 4) is 0 Å². The molecule has 3 rings (SSSR count). The second-order valence-corrected chi connectivity index (χ2v) is 6.11. The van der Waals surface area contributed by atoms with Gasteiger partial charge in [0.25, 0.3) is 0 Å². The SMILES string of the molecule is O=C(NCc1ccc(Cl)cc1)Nc1cccc(CN2CCOC2=O)c1. The summed E-state index contributed by atoms with van der Waals surface area (Å²) in [5, 5.41) is 6.24. The van der Waals surface area contributed by atoms with Gasteiger partial charge in [-0.3, -0.25) is 0 Å². The number of benzene rings is 2. The minimum Gasteiger partial charge on any atom is -0.448 e. The summed E-state index contributed by atoms with van der Waals surface area (Å²) >= 11 is 5.83. The molecule has 0 bridgehead atoms. The lowest BCUT2D eigenvalue weighted by Gasteiger charge is -2.14. The normalized spacial score (nSPS) is 13.5. The van der Waals surface area contributed by atoms with Gasteiger partial charge in [0.2, 0.25) is 0 Å². The lowest BCUT2D eigenvalue weighted by molar-refractivity contribution is 0.157. The van der Waals surface area contributed by atoms with Crippen LogP contribution >= 0.6 is 11.6 Å². The third-order valence-corrected chi connectivity index (χ3v) is 4.02. The molecule has 2 aromatic rings. The van der Waals surface area contributed by atoms with Crippen LogP contribution in [-0.4, -0.2) is 30.2 Å². The number of halogens is 1. The Labute approximate surface area is 150 Å². The van der Waals surface area contributed by atoms with Gasteiger partial charge >= 0.3 is 12.1 Å². The second-order valence-electron chi connectivity index (χ2n) is 5.67. The van der Waals surface area contributed by atoms with Crippen molar-refractivity contribution >= 4 is 29.4 Å². The first-order valence-electron chi connectivity index (χ1n) is 7.90. The molecule has 0 aromatic heterocycles. The van der Waals surface area contributed by atoms with Crippen LogP contribution < -0.4 is 10.6 Å². The Balaban J connectivity index is 1.53. The van der Waals surface area contributed by atoms with Crippen molar-refractivity contribution in [2.75, 3.05) is 18.5 Å². The molecule has 7 heteroatoms. The molecule has 6 nitrogen and oxygen atoms in total. The first-order valence-corrected chi connectivity index (χ1v) is 8.28. The molecular formula is C18H18ClN3O3. The van der Waals surface area contributed by atoms with Crippen molar-refractivity contribution in [2.24, 2.45) is 0 Å². The minimum atomic E-state index is -0.306. The molecule has 2 aromatic carbocycles. The molecule has 0 atom stereocenters. The van der Waals surface area contributed by atoms with Gasteiger partial charge in [-0.05, 0) is 35.4 Å². The van der Waals surface area contributed by atoms with Crippen molar-refractivity contribution in [3.63, 3.8) is 0 Å². The Bertz CT molecular complexity index is 764. The van der Waals surface area contributed by atoms with Gasteiger partial charge in [-0.15, -0.1) is 0 Å². The zero-order valence-corrected chi connectivity index (χ0v) is 14.3. The van der Waals surface area contributed by atoms with E-state index in [-0.39, 0.29) is 12.1 Å². The molecule has 1 heterocycles. The number of hydrogen-bond acceptors (Lipinski definition) is 3. The Hall–Kier alpha value is -2.73. The second kappa shape index (κ2) is 7.90. The summed E-state index contributed by atoms with van der Waals surface area (Å²) < 4.78 is 4.91. The number of hydrogen-bond donors (Lipinski definition) is 2. The molecular weight excluding hydrogens is 342 g/mol. The monoisotopic (exact) mass is 359 g/mol. The van der Waals surface area contributed by atoms with Crippen molar-refractivity contribution in [1.29, 1.82) is 0 Å². The summed E-state index contributed by atoms with van der Waals surface area (Å²) in [6.45, 7) is 1.87. The number of rotatable bonds is 5. The van der Waals surface area contributed by atoms with Crippen LogP contribution in [-0.2, 0) is 17.8 Å². The van der Waals surface area contributed by atoms with Crippen LogP contribution in [0, 0.1) is 0 Å². The Morgan fingerprint density at radius 3 is 2.68 bits per heavy atom. The van der Waals surface area contributed by atoms with Crippen molar-refractivity contribution in [1.82, 2.24) is 10.2 Å². The van der Waals surface area contributed by atoms with Crippen molar-refractivity contribution in [2.45, 2.75) is 13.1 Å². The molecule has 25 heavy (non-hydrogen) atoms. The minimum absolute atomic E-state index is 0.298. The molecule has 0 radical (unpaired) electrons. The van der Waals surface area contributed by atoms with Crippen LogP contribution in [0.3, 0.4) is 0 Å². The van der Waals surface area contributed by atoms with Crippen LogP contribution in [0.1, 0.15) is 11.1 Å². The van der Waals surface area contributed by atoms with Crippen molar-refractivity contribution < 1.29 is 14.3 Å². The fraction of sp³-hybridized carbons (Fsp3) is 0.222. The van der Waals surface area contributed by atoms with Crippen LogP contribution in [0.4, 0.5) is 15.3 Å². The van der Waals surface area contributed by atoms with Crippen LogP contribution in [0.15, 0.2) is 48.5 Å². The van der Waals surface area contributed by atoms with Gasteiger partial charge in [0, 0.05) is 23.8 Å². The zero-order chi connectivity index (χ0) is 17.6. The molecule has 1 fully saturated rings. The van der Waals surface area contributed by atoms with E-state index < -0.39 is 0 Å². The lowest BCUT2D eigenvalue weighted by atomic mass is 10.2. The number of ether oxygens (including phenoxy) is 1. The average molecular weight is 360 g/mol. The average Bonchev–Trinajstić information content (AvgIpc) is 2.99. The van der Waals surface area contributed by atoms with Gasteiger partial charge in [0.1, 0.15) is 6.61 Å². The summed E-state index contributed by atoms with van der Waals surface area (Å²) in [6.07, 6.45) is -0.306. The van der Waals surface area contributed by atoms with E-state index in [0.717, 1.165) is 11.1 Å². The van der Waals surface area contributed by atoms with Crippen molar-refractivity contribution in [3.05, 3.63) is 64.7 Å². The van der Waals surface area contributed by atoms with Gasteiger partial charge in [-0.2, -0.15) is 0 Å². The number of amides is 3. The van der Waals surface area contributed by atoms with Crippen LogP contribution in [0.25, 0.3) is 0 Å². The van der Waals surface area contributed by atoms with E-state index in [1.54, 1.807) is 23.1 Å². The Morgan fingerprint density at radius 1 is 1.16 bits per heavy atom. The van der Waals surface area contributed by atoms with Gasteiger partial charge in [0.15, 0.2) is 0 Å². The highest BCUT2D eigenvalue weighted by molar-refractivity contribution is 6.30. The molecule has 0 spiro atoms. The van der Waals surface area contributed by atoms with Gasteiger partial charge < -0.3 is 20.3 Å². The Kier molecular flexibility index (Phi) is 5.40. The molecule has 0 saturated carbocycles. The predicted molar refractivity (Wildman–Crippen MR) is 95.5 cm³/mol. The summed E-state index contributed by atoms with van der Waals surface area (Å²) in [5.74, 6) is 0. The van der Waals surface area contributed by atoms with E-state index in [0.29, 0.717) is 37.0 Å². The van der Waals surface area contributed by atoms with E-state index in [4.69, 9.17) is 16.3 Å². The number of carbonyl (C=O) groups is 2. The molecule has 1 aliphatic heterocycles. The Morgan fingerprint density at radius 2 is 1.96 bits per heavy atom. The summed E-state index contributed by atoms with van der Waals surface area (Å²) in [7, 11) is 0. The van der Waals surface area contributed by atoms with Crippen LogP contribution in [0.5, 0.6) is 0 Å². The highest BCUT2D eigenvalue weighted by Gasteiger charge is 2.21. The maximum Gasteiger partial charge on any atom is 0.410 e. The maximum absolute atomic E-state index is 12.0. The number of urea groups is 1. The fourth-order valence-corrected chi connectivity index (χ4v) is 2.62. The summed E-state index contributed by atoms with van der Waals surface area (Å²) in [6, 6.07) is 14.4. The third kappa shape index (κ3) is 4.87. The number of nitrogens with one attached hydrogen (secondary N) is 2. The van der Waals surface area contributed by atoms with Gasteiger partial charge in [-0.1, -0.05) is 35.9 Å². The van der Waals surface area contributed by atoms with E-state index >= 15 is 0 Å². The first kappa shape index (κ1) is 17.1. The third-order valence-electron chi connectivity index (χ3n) is 3.77. The quantitative estimate of drug-likeness (QED) is 0.856. The largest absolute Gasteiger partial charge is 0.448 e. The lowest BCUT2D eigenvalue weighted by Crippen LogP contribution is -2.28. The fourth-order valence-electron chi connectivity index (χ4n) is 2.50. The van der Waals surface area contributed by atoms with E-state index in [1.807, 2.05) is 30.3 Å². The highest BCUT2D eigenvalue weighted by atomic mass is 35.5. The summed E-state index contributed by atoms with van der Waals surface area (Å²) in [4.78, 5) is 25.2. The van der Waals surface area contributed by atoms with Crippen LogP contribution in [0.2, 0.25) is 5.02 Å². The molecule has 1 aliphatic rings. The molecule has 2 N–H and O–H groups in total. The predicted octanol–water partition coefficient (Wildman–Crippen LogP) is 3.61. The van der Waals surface area contributed by atoms with Gasteiger partial charge in [-0.25, -0.2) is 9.59 Å². The van der Waals surface area contributed by atoms with Gasteiger partial charge in [0.05, 0.1) is 6.54 Å². The molecule has 1 saturated heterocycles. The van der Waals surface area contributed by atoms with E-state index in [1.165, 1.54) is 0 Å². The topological polar surface area (TPSA) is 70.7 Å². The number of carbonyl (C=O) groups excluding carboxylic acids is 2. The summed E-state index contributed by atoms with van der Waals surface area (Å²) in [5.41, 5.74) is 2.55. The van der Waals surface area contributed by atoms with E-state index in [2.05, 4.69) is 10.6 Å². The maximum atomic E-state index is 12.0. The smallest absolute Gasteiger partial charge is 0.410 e. The molecule has 0 aliphatic carbocycles. The number of cyclic esters (lactones) is 1. The zero-order valence-electron chi connectivity index (χ0n) is 13.5. The highest BCUT2D eigenvalue weighted by Crippen LogP contribution is 2.15. The number of anilines is 1. The molecule has 3 amide bonds. The first-order chi connectivity index (χ1) is 12.1. The van der Waals surface area contributed by atoms with E-state index in [9.17, 15) is 9.59 Å². The molecule has 130 valence electrons. The standard InChI is InChI=1S/C18H18ClN3O3/c19-15-6-4-13(5-7-15)11-20-17(23)21-16-3-1-2-14(10-16)12-22-8-9-25-18(22)24/h1-7,10H,8-9,11-12H2,(H2,20,21,23).